The summed E-state index contributed by atoms with van der Waals surface area (Å²) in [6.07, 6.45) is 0. The fourth-order valence-corrected chi connectivity index (χ4v) is 1.97. The lowest BCUT2D eigenvalue weighted by Crippen LogP contribution is -2.01. The number of hydrogen-bond donors (Lipinski definition) is 1. The van der Waals surface area contributed by atoms with Crippen LogP contribution in [0.4, 0.5) is 0 Å². The molecule has 0 bridgehead atoms. The summed E-state index contributed by atoms with van der Waals surface area (Å²) in [7, 11) is 0. The maximum Gasteiger partial charge on any atom is 0.354 e. The number of aromatic carboxylic acids is 1. The van der Waals surface area contributed by atoms with Crippen molar-refractivity contribution in [2.24, 2.45) is 0 Å². The highest BCUT2D eigenvalue weighted by molar-refractivity contribution is 9.10. The van der Waals surface area contributed by atoms with Crippen molar-refractivity contribution in [3.8, 4) is 0 Å². The van der Waals surface area contributed by atoms with Gasteiger partial charge in [0, 0.05) is 9.86 Å². The summed E-state index contributed by atoms with van der Waals surface area (Å²) in [5, 5.41) is 9.90. The first-order chi connectivity index (χ1) is 7.49. The number of aromatic nitrogens is 1. The molecule has 4 heteroatoms. The highest BCUT2D eigenvalue weighted by Gasteiger charge is 2.09. The molecule has 16 heavy (non-hydrogen) atoms. The van der Waals surface area contributed by atoms with Crippen molar-refractivity contribution in [1.29, 1.82) is 0 Å². The summed E-state index contributed by atoms with van der Waals surface area (Å²) in [5.74, 6) is -0.995. The molecule has 0 saturated carbocycles. The lowest BCUT2D eigenvalue weighted by atomic mass is 10.1. The van der Waals surface area contributed by atoms with Gasteiger partial charge in [0.1, 0.15) is 5.69 Å². The third-order valence-corrected chi connectivity index (χ3v) is 3.37. The zero-order valence-corrected chi connectivity index (χ0v) is 10.5. The molecular formula is C12H10BrNO2. The molecule has 2 rings (SSSR count). The largest absolute Gasteiger partial charge is 0.477 e. The molecule has 0 aliphatic rings. The number of halogens is 1. The lowest BCUT2D eigenvalue weighted by Gasteiger charge is -2.06. The van der Waals surface area contributed by atoms with Crippen LogP contribution in [-0.4, -0.2) is 16.1 Å². The molecule has 82 valence electrons. The SMILES string of the molecule is Cc1cc2nc(C(=O)O)cc(C)c2cc1Br. The van der Waals surface area contributed by atoms with Gasteiger partial charge in [-0.3, -0.25) is 0 Å². The number of pyridine rings is 1. The molecule has 0 aliphatic carbocycles. The van der Waals surface area contributed by atoms with Gasteiger partial charge in [-0.25, -0.2) is 9.78 Å². The van der Waals surface area contributed by atoms with Crippen molar-refractivity contribution < 1.29 is 9.90 Å². The molecule has 1 N–H and O–H groups in total. The van der Waals surface area contributed by atoms with E-state index in [2.05, 4.69) is 20.9 Å². The van der Waals surface area contributed by atoms with Gasteiger partial charge in [0.05, 0.1) is 5.52 Å². The third kappa shape index (κ3) is 1.80. The summed E-state index contributed by atoms with van der Waals surface area (Å²) in [6, 6.07) is 5.45. The molecule has 0 radical (unpaired) electrons. The van der Waals surface area contributed by atoms with Gasteiger partial charge in [-0.2, -0.15) is 0 Å². The van der Waals surface area contributed by atoms with Crippen molar-refractivity contribution in [3.05, 3.63) is 39.5 Å². The number of nitrogens with zero attached hydrogens (tertiary/aromatic N) is 1. The second-order valence-electron chi connectivity index (χ2n) is 3.75. The Morgan fingerprint density at radius 1 is 1.25 bits per heavy atom. The zero-order valence-electron chi connectivity index (χ0n) is 8.91. The van der Waals surface area contributed by atoms with Gasteiger partial charge in [0.25, 0.3) is 0 Å². The second-order valence-corrected chi connectivity index (χ2v) is 4.60. The van der Waals surface area contributed by atoms with Gasteiger partial charge in [0.2, 0.25) is 0 Å². The van der Waals surface area contributed by atoms with Gasteiger partial charge in [0.15, 0.2) is 0 Å². The molecule has 0 spiro atoms. The Bertz CT molecular complexity index is 593. The molecule has 0 amide bonds. The van der Waals surface area contributed by atoms with Crippen molar-refractivity contribution in [2.45, 2.75) is 13.8 Å². The fraction of sp³-hybridized carbons (Fsp3) is 0.167. The van der Waals surface area contributed by atoms with Crippen LogP contribution in [0.15, 0.2) is 22.7 Å². The fourth-order valence-electron chi connectivity index (χ4n) is 1.63. The predicted molar refractivity (Wildman–Crippen MR) is 65.9 cm³/mol. The highest BCUT2D eigenvalue weighted by atomic mass is 79.9. The third-order valence-electron chi connectivity index (χ3n) is 2.52. The molecule has 0 saturated heterocycles. The van der Waals surface area contributed by atoms with Crippen LogP contribution in [-0.2, 0) is 0 Å². The van der Waals surface area contributed by atoms with Gasteiger partial charge in [-0.1, -0.05) is 15.9 Å². The van der Waals surface area contributed by atoms with Crippen LogP contribution in [0.3, 0.4) is 0 Å². The zero-order chi connectivity index (χ0) is 11.9. The quantitative estimate of drug-likeness (QED) is 0.871. The maximum absolute atomic E-state index is 10.9. The number of carboxylic acid groups (broad SMARTS) is 1. The maximum atomic E-state index is 10.9. The average molecular weight is 280 g/mol. The molecule has 3 nitrogen and oxygen atoms in total. The van der Waals surface area contributed by atoms with Crippen LogP contribution in [0.2, 0.25) is 0 Å². The number of carbonyl (C=O) groups is 1. The van der Waals surface area contributed by atoms with Gasteiger partial charge < -0.3 is 5.11 Å². The van der Waals surface area contributed by atoms with E-state index in [0.29, 0.717) is 0 Å². The Kier molecular flexibility index (Phi) is 2.68. The first-order valence-electron chi connectivity index (χ1n) is 4.80. The van der Waals surface area contributed by atoms with E-state index in [4.69, 9.17) is 5.11 Å². The minimum atomic E-state index is -0.995. The van der Waals surface area contributed by atoms with Crippen LogP contribution >= 0.6 is 15.9 Å². The minimum Gasteiger partial charge on any atom is -0.477 e. The molecule has 2 aromatic rings. The van der Waals surface area contributed by atoms with Crippen LogP contribution in [0.25, 0.3) is 10.9 Å². The second kappa shape index (κ2) is 3.87. The summed E-state index contributed by atoms with van der Waals surface area (Å²) < 4.78 is 1.01. The monoisotopic (exact) mass is 279 g/mol. The first kappa shape index (κ1) is 11.1. The van der Waals surface area contributed by atoms with E-state index in [1.807, 2.05) is 26.0 Å². The highest BCUT2D eigenvalue weighted by Crippen LogP contribution is 2.25. The number of hydrogen-bond acceptors (Lipinski definition) is 2. The Balaban J connectivity index is 2.82. The van der Waals surface area contributed by atoms with E-state index >= 15 is 0 Å². The Labute approximate surface area is 101 Å². The molecule has 1 aromatic carbocycles. The van der Waals surface area contributed by atoms with E-state index in [-0.39, 0.29) is 5.69 Å². The van der Waals surface area contributed by atoms with Crippen molar-refractivity contribution >= 4 is 32.8 Å². The van der Waals surface area contributed by atoms with E-state index in [1.165, 1.54) is 0 Å². The molecule has 0 aliphatic heterocycles. The van der Waals surface area contributed by atoms with Gasteiger partial charge in [-0.05, 0) is 43.2 Å². The molecular weight excluding hydrogens is 270 g/mol. The number of rotatable bonds is 1. The number of carboxylic acids is 1. The molecule has 0 fully saturated rings. The predicted octanol–water partition coefficient (Wildman–Crippen LogP) is 3.31. The number of aryl methyl sites for hydroxylation is 2. The molecule has 0 atom stereocenters. The average Bonchev–Trinajstić information content (AvgIpc) is 2.20. The summed E-state index contributed by atoms with van der Waals surface area (Å²) in [6.45, 7) is 3.84. The van der Waals surface area contributed by atoms with Crippen molar-refractivity contribution in [2.75, 3.05) is 0 Å². The minimum absolute atomic E-state index is 0.0896. The molecule has 0 unspecified atom stereocenters. The van der Waals surface area contributed by atoms with E-state index in [1.54, 1.807) is 6.07 Å². The summed E-state index contributed by atoms with van der Waals surface area (Å²) in [5.41, 5.74) is 2.77. The van der Waals surface area contributed by atoms with E-state index in [0.717, 1.165) is 26.5 Å². The van der Waals surface area contributed by atoms with Crippen LogP contribution in [0.1, 0.15) is 21.6 Å². The standard InChI is InChI=1S/C12H10BrNO2/c1-6-3-11(12(15)16)14-10-4-7(2)9(13)5-8(6)10/h3-5H,1-2H3,(H,15,16). The van der Waals surface area contributed by atoms with Crippen molar-refractivity contribution in [3.63, 3.8) is 0 Å². The van der Waals surface area contributed by atoms with E-state index < -0.39 is 5.97 Å². The Hall–Kier alpha value is -1.42. The topological polar surface area (TPSA) is 50.2 Å². The lowest BCUT2D eigenvalue weighted by molar-refractivity contribution is 0.0691. The van der Waals surface area contributed by atoms with Gasteiger partial charge in [-0.15, -0.1) is 0 Å². The normalized spacial score (nSPS) is 10.7. The summed E-state index contributed by atoms with van der Waals surface area (Å²) >= 11 is 3.45. The van der Waals surface area contributed by atoms with Crippen molar-refractivity contribution in [1.82, 2.24) is 4.98 Å². The van der Waals surface area contributed by atoms with Crippen LogP contribution in [0.5, 0.6) is 0 Å². The van der Waals surface area contributed by atoms with E-state index in [9.17, 15) is 4.79 Å². The Morgan fingerprint density at radius 3 is 2.56 bits per heavy atom. The molecule has 1 heterocycles. The number of fused-ring (bicyclic) bond motifs is 1. The Morgan fingerprint density at radius 2 is 1.94 bits per heavy atom. The van der Waals surface area contributed by atoms with Gasteiger partial charge >= 0.3 is 5.97 Å². The smallest absolute Gasteiger partial charge is 0.354 e. The first-order valence-corrected chi connectivity index (χ1v) is 5.59. The van der Waals surface area contributed by atoms with Crippen LogP contribution < -0.4 is 0 Å². The number of benzene rings is 1. The summed E-state index contributed by atoms with van der Waals surface area (Å²) in [4.78, 5) is 15.0. The van der Waals surface area contributed by atoms with Crippen LogP contribution in [0, 0.1) is 13.8 Å². The molecule has 1 aromatic heterocycles.